The van der Waals surface area contributed by atoms with E-state index in [-0.39, 0.29) is 29.4 Å². The second kappa shape index (κ2) is 7.92. The van der Waals surface area contributed by atoms with Crippen molar-refractivity contribution in [1.82, 2.24) is 9.62 Å². The molecule has 2 unspecified atom stereocenters. The van der Waals surface area contributed by atoms with E-state index < -0.39 is 10.0 Å². The summed E-state index contributed by atoms with van der Waals surface area (Å²) in [6.45, 7) is 6.18. The predicted octanol–water partition coefficient (Wildman–Crippen LogP) is 1.49. The fourth-order valence-electron chi connectivity index (χ4n) is 2.97. The minimum atomic E-state index is -3.66. The van der Waals surface area contributed by atoms with Crippen LogP contribution >= 0.6 is 0 Å². The molecule has 0 saturated carbocycles. The van der Waals surface area contributed by atoms with Crippen LogP contribution in [0.3, 0.4) is 0 Å². The molecule has 1 aromatic rings. The third kappa shape index (κ3) is 4.23. The summed E-state index contributed by atoms with van der Waals surface area (Å²) in [7, 11) is -3.66. The van der Waals surface area contributed by atoms with Crippen LogP contribution in [-0.4, -0.2) is 44.4 Å². The number of carbonyl (C=O) groups is 1. The second-order valence-electron chi connectivity index (χ2n) is 6.09. The van der Waals surface area contributed by atoms with Crippen molar-refractivity contribution in [2.75, 3.05) is 13.1 Å². The third-order valence-electron chi connectivity index (χ3n) is 4.23. The molecule has 7 heteroatoms. The van der Waals surface area contributed by atoms with Gasteiger partial charge in [0.25, 0.3) is 5.91 Å². The zero-order chi connectivity index (χ0) is 17.7. The van der Waals surface area contributed by atoms with Crippen LogP contribution in [-0.2, 0) is 10.0 Å². The first kappa shape index (κ1) is 18.6. The third-order valence-corrected chi connectivity index (χ3v) is 5.65. The van der Waals surface area contributed by atoms with Crippen LogP contribution in [0.15, 0.2) is 41.8 Å². The van der Waals surface area contributed by atoms with Crippen LogP contribution in [0, 0.1) is 0 Å². The summed E-state index contributed by atoms with van der Waals surface area (Å²) in [5.41, 5.74) is 6.38. The molecule has 0 aliphatic carbocycles. The fourth-order valence-corrected chi connectivity index (χ4v) is 4.01. The number of piperidine rings is 1. The number of hydrogen-bond acceptors (Lipinski definition) is 4. The molecule has 1 aliphatic rings. The highest BCUT2D eigenvalue weighted by atomic mass is 32.2. The molecule has 0 spiro atoms. The average molecular weight is 351 g/mol. The molecule has 132 valence electrons. The van der Waals surface area contributed by atoms with Gasteiger partial charge in [0.05, 0.1) is 4.90 Å². The van der Waals surface area contributed by atoms with Crippen LogP contribution in [0.4, 0.5) is 0 Å². The molecule has 2 rings (SSSR count). The molecular formula is C17H25N3O3S. The van der Waals surface area contributed by atoms with E-state index in [4.69, 9.17) is 5.73 Å². The number of rotatable bonds is 6. The highest BCUT2D eigenvalue weighted by molar-refractivity contribution is 7.89. The topological polar surface area (TPSA) is 92.5 Å². The number of nitrogens with two attached hydrogens (primary N) is 1. The van der Waals surface area contributed by atoms with Gasteiger partial charge >= 0.3 is 0 Å². The van der Waals surface area contributed by atoms with Crippen molar-refractivity contribution in [2.24, 2.45) is 5.73 Å². The Morgan fingerprint density at radius 3 is 2.92 bits per heavy atom. The van der Waals surface area contributed by atoms with Crippen LogP contribution < -0.4 is 10.5 Å². The summed E-state index contributed by atoms with van der Waals surface area (Å²) in [5.74, 6) is -0.169. The summed E-state index contributed by atoms with van der Waals surface area (Å²) >= 11 is 0. The van der Waals surface area contributed by atoms with Crippen LogP contribution in [0.2, 0.25) is 0 Å². The van der Waals surface area contributed by atoms with Gasteiger partial charge in [-0.1, -0.05) is 12.1 Å². The van der Waals surface area contributed by atoms with Crippen molar-refractivity contribution in [3.8, 4) is 0 Å². The highest BCUT2D eigenvalue weighted by Gasteiger charge is 2.30. The Hall–Kier alpha value is -1.70. The lowest BCUT2D eigenvalue weighted by molar-refractivity contribution is 0.0583. The van der Waals surface area contributed by atoms with Crippen molar-refractivity contribution in [3.63, 3.8) is 0 Å². The highest BCUT2D eigenvalue weighted by Crippen LogP contribution is 2.22. The van der Waals surface area contributed by atoms with E-state index in [1.807, 2.05) is 6.92 Å². The standard InChI is InChI=1S/C17H25N3O3S/c1-3-10-19-24(22,23)15-8-6-7-14(12-15)17(21)20-11-5-4-9-16(20)13(2)18/h3,6-8,12-13,16,19H,1,4-5,9-11,18H2,2H3. The lowest BCUT2D eigenvalue weighted by atomic mass is 9.96. The Bertz CT molecular complexity index is 701. The van der Waals surface area contributed by atoms with Gasteiger partial charge < -0.3 is 10.6 Å². The van der Waals surface area contributed by atoms with E-state index >= 15 is 0 Å². The molecule has 24 heavy (non-hydrogen) atoms. The number of benzene rings is 1. The zero-order valence-corrected chi connectivity index (χ0v) is 14.8. The van der Waals surface area contributed by atoms with Gasteiger partial charge in [0.2, 0.25) is 10.0 Å². The molecular weight excluding hydrogens is 326 g/mol. The van der Waals surface area contributed by atoms with Crippen LogP contribution in [0.5, 0.6) is 0 Å². The predicted molar refractivity (Wildman–Crippen MR) is 94.2 cm³/mol. The molecule has 0 radical (unpaired) electrons. The van der Waals surface area contributed by atoms with Gasteiger partial charge in [-0.3, -0.25) is 4.79 Å². The Kier molecular flexibility index (Phi) is 6.15. The minimum Gasteiger partial charge on any atom is -0.334 e. The van der Waals surface area contributed by atoms with Gasteiger partial charge in [0.15, 0.2) is 0 Å². The molecule has 1 amide bonds. The Morgan fingerprint density at radius 2 is 2.25 bits per heavy atom. The molecule has 6 nitrogen and oxygen atoms in total. The Balaban J connectivity index is 2.27. The van der Waals surface area contributed by atoms with Crippen LogP contribution in [0.1, 0.15) is 36.5 Å². The monoisotopic (exact) mass is 351 g/mol. The number of nitrogens with one attached hydrogen (secondary N) is 1. The number of amides is 1. The van der Waals surface area contributed by atoms with E-state index in [9.17, 15) is 13.2 Å². The smallest absolute Gasteiger partial charge is 0.254 e. The van der Waals surface area contributed by atoms with Crippen molar-refractivity contribution in [2.45, 2.75) is 43.2 Å². The molecule has 3 N–H and O–H groups in total. The number of likely N-dealkylation sites (tertiary alicyclic amines) is 1. The number of nitrogens with zero attached hydrogens (tertiary/aromatic N) is 1. The number of carbonyl (C=O) groups excluding carboxylic acids is 1. The van der Waals surface area contributed by atoms with E-state index in [0.717, 1.165) is 19.3 Å². The largest absolute Gasteiger partial charge is 0.334 e. The van der Waals surface area contributed by atoms with Gasteiger partial charge in [-0.05, 0) is 44.4 Å². The number of sulfonamides is 1. The molecule has 0 aromatic heterocycles. The van der Waals surface area contributed by atoms with Crippen molar-refractivity contribution < 1.29 is 13.2 Å². The Labute approximate surface area is 143 Å². The maximum Gasteiger partial charge on any atom is 0.254 e. The molecule has 1 aliphatic heterocycles. The average Bonchev–Trinajstić information content (AvgIpc) is 2.59. The summed E-state index contributed by atoms with van der Waals surface area (Å²) in [5, 5.41) is 0. The van der Waals surface area contributed by atoms with Gasteiger partial charge in [-0.2, -0.15) is 0 Å². The Morgan fingerprint density at radius 1 is 1.50 bits per heavy atom. The van der Waals surface area contributed by atoms with Crippen LogP contribution in [0.25, 0.3) is 0 Å². The first-order valence-corrected chi connectivity index (χ1v) is 9.62. The SMILES string of the molecule is C=CCNS(=O)(=O)c1cccc(C(=O)N2CCCCC2C(C)N)c1. The van der Waals surface area contributed by atoms with E-state index in [1.54, 1.807) is 17.0 Å². The molecule has 1 aromatic carbocycles. The van der Waals surface area contributed by atoms with Gasteiger partial charge in [-0.25, -0.2) is 13.1 Å². The summed E-state index contributed by atoms with van der Waals surface area (Å²) in [4.78, 5) is 14.7. The zero-order valence-electron chi connectivity index (χ0n) is 13.9. The van der Waals surface area contributed by atoms with Gasteiger partial charge in [0, 0.05) is 30.7 Å². The molecule has 1 saturated heterocycles. The summed E-state index contributed by atoms with van der Waals surface area (Å²) < 4.78 is 26.8. The van der Waals surface area contributed by atoms with E-state index in [2.05, 4.69) is 11.3 Å². The normalized spacial score (nSPS) is 19.8. The second-order valence-corrected chi connectivity index (χ2v) is 7.86. The maximum atomic E-state index is 12.8. The van der Waals surface area contributed by atoms with Crippen molar-refractivity contribution >= 4 is 15.9 Å². The molecule has 1 heterocycles. The van der Waals surface area contributed by atoms with Crippen molar-refractivity contribution in [1.29, 1.82) is 0 Å². The summed E-state index contributed by atoms with van der Waals surface area (Å²) in [6, 6.07) is 5.99. The molecule has 1 fully saturated rings. The first-order chi connectivity index (χ1) is 11.4. The van der Waals surface area contributed by atoms with Gasteiger partial charge in [-0.15, -0.1) is 6.58 Å². The maximum absolute atomic E-state index is 12.8. The van der Waals surface area contributed by atoms with Gasteiger partial charge in [0.1, 0.15) is 0 Å². The quantitative estimate of drug-likeness (QED) is 0.760. The fraction of sp³-hybridized carbons (Fsp3) is 0.471. The molecule has 2 atom stereocenters. The summed E-state index contributed by atoms with van der Waals surface area (Å²) in [6.07, 6.45) is 4.33. The first-order valence-electron chi connectivity index (χ1n) is 8.14. The minimum absolute atomic E-state index is 0.00889. The van der Waals surface area contributed by atoms with Crippen molar-refractivity contribution in [3.05, 3.63) is 42.5 Å². The lowest BCUT2D eigenvalue weighted by Crippen LogP contribution is -2.51. The van der Waals surface area contributed by atoms with E-state index in [1.165, 1.54) is 18.2 Å². The van der Waals surface area contributed by atoms with E-state index in [0.29, 0.717) is 12.1 Å². The molecule has 0 bridgehead atoms. The number of hydrogen-bond donors (Lipinski definition) is 2. The lowest BCUT2D eigenvalue weighted by Gasteiger charge is -2.38.